The van der Waals surface area contributed by atoms with Crippen LogP contribution in [0.1, 0.15) is 23.8 Å². The number of rotatable bonds is 2. The van der Waals surface area contributed by atoms with E-state index >= 15 is 0 Å². The van der Waals surface area contributed by atoms with Crippen LogP contribution in [0.15, 0.2) is 15.9 Å². The summed E-state index contributed by atoms with van der Waals surface area (Å²) in [4.78, 5) is 1.03. The van der Waals surface area contributed by atoms with Crippen LogP contribution in [-0.4, -0.2) is 18.3 Å². The second kappa shape index (κ2) is 4.75. The summed E-state index contributed by atoms with van der Waals surface area (Å²) in [6.07, 6.45) is 1.77. The van der Waals surface area contributed by atoms with Gasteiger partial charge in [-0.25, -0.2) is 0 Å². The Balaban J connectivity index is 2.03. The second-order valence-corrected chi connectivity index (χ2v) is 5.45. The number of thiophene rings is 1. The molecule has 1 fully saturated rings. The van der Waals surface area contributed by atoms with Crippen molar-refractivity contribution in [3.8, 4) is 0 Å². The van der Waals surface area contributed by atoms with E-state index in [0.717, 1.165) is 28.8 Å². The molecule has 0 aromatic carbocycles. The van der Waals surface area contributed by atoms with Crippen LogP contribution in [0.5, 0.6) is 0 Å². The van der Waals surface area contributed by atoms with E-state index in [4.69, 9.17) is 4.74 Å². The first-order chi connectivity index (χ1) is 6.77. The zero-order valence-electron chi connectivity index (χ0n) is 7.78. The minimum absolute atomic E-state index is 0.272. The van der Waals surface area contributed by atoms with Crippen molar-refractivity contribution < 1.29 is 9.84 Å². The lowest BCUT2D eigenvalue weighted by Crippen LogP contribution is -2.23. The molecule has 0 spiro atoms. The van der Waals surface area contributed by atoms with Crippen LogP contribution in [0.25, 0.3) is 0 Å². The maximum Gasteiger partial charge on any atom is 0.0932 e. The second-order valence-electron chi connectivity index (χ2n) is 3.59. The molecule has 2 atom stereocenters. The van der Waals surface area contributed by atoms with Gasteiger partial charge in [-0.2, -0.15) is 0 Å². The molecule has 14 heavy (non-hydrogen) atoms. The SMILES string of the molecule is OC(c1cc(Br)cs1)C1CCCOC1. The van der Waals surface area contributed by atoms with E-state index in [1.54, 1.807) is 11.3 Å². The predicted octanol–water partition coefficient (Wildman–Crippen LogP) is 2.97. The third-order valence-corrected chi connectivity index (χ3v) is 4.29. The molecule has 2 rings (SSSR count). The molecule has 4 heteroatoms. The minimum atomic E-state index is -0.355. The van der Waals surface area contributed by atoms with Gasteiger partial charge < -0.3 is 9.84 Å². The standard InChI is InChI=1S/C10H13BrO2S/c11-8-4-9(14-6-8)10(12)7-2-1-3-13-5-7/h4,6-7,10,12H,1-3,5H2. The Morgan fingerprint density at radius 3 is 3.07 bits per heavy atom. The van der Waals surface area contributed by atoms with Crippen LogP contribution in [0.2, 0.25) is 0 Å². The first kappa shape index (κ1) is 10.6. The quantitative estimate of drug-likeness (QED) is 0.900. The van der Waals surface area contributed by atoms with Gasteiger partial charge >= 0.3 is 0 Å². The van der Waals surface area contributed by atoms with Gasteiger partial charge in [0, 0.05) is 27.3 Å². The molecule has 0 amide bonds. The van der Waals surface area contributed by atoms with Crippen LogP contribution in [0, 0.1) is 5.92 Å². The maximum absolute atomic E-state index is 10.1. The number of ether oxygens (including phenoxy) is 1. The highest BCUT2D eigenvalue weighted by Crippen LogP contribution is 2.33. The van der Waals surface area contributed by atoms with E-state index < -0.39 is 0 Å². The Morgan fingerprint density at radius 2 is 2.50 bits per heavy atom. The summed E-state index contributed by atoms with van der Waals surface area (Å²) < 4.78 is 6.41. The van der Waals surface area contributed by atoms with Gasteiger partial charge in [0.2, 0.25) is 0 Å². The highest BCUT2D eigenvalue weighted by atomic mass is 79.9. The van der Waals surface area contributed by atoms with E-state index in [1.165, 1.54) is 0 Å². The zero-order valence-corrected chi connectivity index (χ0v) is 10.2. The van der Waals surface area contributed by atoms with E-state index in [2.05, 4.69) is 15.9 Å². The van der Waals surface area contributed by atoms with Crippen LogP contribution >= 0.6 is 27.3 Å². The Kier molecular flexibility index (Phi) is 3.60. The van der Waals surface area contributed by atoms with E-state index in [-0.39, 0.29) is 12.0 Å². The largest absolute Gasteiger partial charge is 0.387 e. The Morgan fingerprint density at radius 1 is 1.64 bits per heavy atom. The third-order valence-electron chi connectivity index (χ3n) is 2.52. The van der Waals surface area contributed by atoms with Gasteiger partial charge in [0.05, 0.1) is 12.7 Å². The average molecular weight is 277 g/mol. The molecule has 2 heterocycles. The molecule has 1 saturated heterocycles. The molecule has 1 aliphatic rings. The van der Waals surface area contributed by atoms with Gasteiger partial charge in [-0.3, -0.25) is 0 Å². The van der Waals surface area contributed by atoms with Crippen LogP contribution in [0.3, 0.4) is 0 Å². The van der Waals surface area contributed by atoms with E-state index in [9.17, 15) is 5.11 Å². The van der Waals surface area contributed by atoms with Gasteiger partial charge in [-0.1, -0.05) is 0 Å². The molecular formula is C10H13BrO2S. The van der Waals surface area contributed by atoms with E-state index in [0.29, 0.717) is 6.61 Å². The number of halogens is 1. The Hall–Kier alpha value is 0.1000. The molecule has 0 aliphatic carbocycles. The lowest BCUT2D eigenvalue weighted by atomic mass is 9.95. The summed E-state index contributed by atoms with van der Waals surface area (Å²) in [5.74, 6) is 0.272. The molecule has 0 bridgehead atoms. The van der Waals surface area contributed by atoms with Gasteiger partial charge in [0.15, 0.2) is 0 Å². The van der Waals surface area contributed by atoms with Gasteiger partial charge in [-0.05, 0) is 34.8 Å². The molecule has 1 N–H and O–H groups in total. The molecular weight excluding hydrogens is 264 g/mol. The van der Waals surface area contributed by atoms with Crippen molar-refractivity contribution in [2.45, 2.75) is 18.9 Å². The van der Waals surface area contributed by atoms with Crippen molar-refractivity contribution in [2.24, 2.45) is 5.92 Å². The number of hydrogen-bond donors (Lipinski definition) is 1. The fourth-order valence-corrected chi connectivity index (χ4v) is 3.25. The predicted molar refractivity (Wildman–Crippen MR) is 60.5 cm³/mol. The summed E-state index contributed by atoms with van der Waals surface area (Å²) in [5.41, 5.74) is 0. The third kappa shape index (κ3) is 2.37. The first-order valence-corrected chi connectivity index (χ1v) is 6.44. The van der Waals surface area contributed by atoms with E-state index in [1.807, 2.05) is 11.4 Å². The number of hydrogen-bond acceptors (Lipinski definition) is 3. The molecule has 1 aromatic rings. The fraction of sp³-hybridized carbons (Fsp3) is 0.600. The summed E-state index contributed by atoms with van der Waals surface area (Å²) in [5, 5.41) is 12.1. The highest BCUT2D eigenvalue weighted by molar-refractivity contribution is 9.10. The van der Waals surface area contributed by atoms with Crippen molar-refractivity contribution in [1.29, 1.82) is 0 Å². The Bertz CT molecular complexity index is 294. The molecule has 78 valence electrons. The summed E-state index contributed by atoms with van der Waals surface area (Å²) in [7, 11) is 0. The van der Waals surface area contributed by atoms with Gasteiger partial charge in [0.25, 0.3) is 0 Å². The van der Waals surface area contributed by atoms with Crippen LogP contribution < -0.4 is 0 Å². The topological polar surface area (TPSA) is 29.5 Å². The van der Waals surface area contributed by atoms with Crippen molar-refractivity contribution in [2.75, 3.05) is 13.2 Å². The molecule has 1 aliphatic heterocycles. The molecule has 2 nitrogen and oxygen atoms in total. The number of aliphatic hydroxyl groups excluding tert-OH is 1. The van der Waals surface area contributed by atoms with Crippen molar-refractivity contribution >= 4 is 27.3 Å². The normalized spacial score (nSPS) is 24.9. The highest BCUT2D eigenvalue weighted by Gasteiger charge is 2.24. The molecule has 1 aromatic heterocycles. The summed E-state index contributed by atoms with van der Waals surface area (Å²) in [6.45, 7) is 1.54. The maximum atomic E-state index is 10.1. The van der Waals surface area contributed by atoms with Gasteiger partial charge in [-0.15, -0.1) is 11.3 Å². The van der Waals surface area contributed by atoms with Crippen LogP contribution in [0.4, 0.5) is 0 Å². The first-order valence-electron chi connectivity index (χ1n) is 4.77. The summed E-state index contributed by atoms with van der Waals surface area (Å²) >= 11 is 4.99. The smallest absolute Gasteiger partial charge is 0.0932 e. The lowest BCUT2D eigenvalue weighted by molar-refractivity contribution is -0.00864. The Labute approximate surface area is 96.0 Å². The van der Waals surface area contributed by atoms with Gasteiger partial charge in [0.1, 0.15) is 0 Å². The van der Waals surface area contributed by atoms with Crippen LogP contribution in [-0.2, 0) is 4.74 Å². The molecule has 2 unspecified atom stereocenters. The fourth-order valence-electron chi connectivity index (χ4n) is 1.73. The van der Waals surface area contributed by atoms with Crippen molar-refractivity contribution in [1.82, 2.24) is 0 Å². The van der Waals surface area contributed by atoms with Crippen molar-refractivity contribution in [3.63, 3.8) is 0 Å². The molecule has 0 saturated carbocycles. The monoisotopic (exact) mass is 276 g/mol. The van der Waals surface area contributed by atoms with Crippen molar-refractivity contribution in [3.05, 3.63) is 20.8 Å². The summed E-state index contributed by atoms with van der Waals surface area (Å²) in [6, 6.07) is 1.99. The average Bonchev–Trinajstić information content (AvgIpc) is 2.65. The molecule has 0 radical (unpaired) electrons. The lowest BCUT2D eigenvalue weighted by Gasteiger charge is -2.25. The zero-order chi connectivity index (χ0) is 9.97. The minimum Gasteiger partial charge on any atom is -0.387 e. The number of aliphatic hydroxyl groups is 1.